The van der Waals surface area contributed by atoms with Crippen molar-refractivity contribution in [1.29, 1.82) is 0 Å². The summed E-state index contributed by atoms with van der Waals surface area (Å²) in [4.78, 5) is 11.6. The summed E-state index contributed by atoms with van der Waals surface area (Å²) in [6.07, 6.45) is 1.09. The van der Waals surface area contributed by atoms with E-state index in [9.17, 15) is 4.79 Å². The van der Waals surface area contributed by atoms with Crippen LogP contribution in [-0.4, -0.2) is 6.29 Å². The molecule has 1 aliphatic heterocycles. The lowest BCUT2D eigenvalue weighted by molar-refractivity contribution is -0.112. The summed E-state index contributed by atoms with van der Waals surface area (Å²) in [6, 6.07) is 16.0. The van der Waals surface area contributed by atoms with Gasteiger partial charge >= 0.3 is 0 Å². The first-order valence-electron chi connectivity index (χ1n) is 7.03. The second kappa shape index (κ2) is 5.12. The van der Waals surface area contributed by atoms with Crippen LogP contribution in [0, 0.1) is 11.8 Å². The van der Waals surface area contributed by atoms with Gasteiger partial charge in [-0.3, -0.25) is 0 Å². The fourth-order valence-electron chi connectivity index (χ4n) is 2.98. The van der Waals surface area contributed by atoms with Gasteiger partial charge in [0.2, 0.25) is 0 Å². The molecule has 2 aromatic carbocycles. The van der Waals surface area contributed by atoms with Crippen molar-refractivity contribution in [1.82, 2.24) is 0 Å². The zero-order valence-electron chi connectivity index (χ0n) is 11.7. The van der Waals surface area contributed by atoms with Gasteiger partial charge in [0.05, 0.1) is 0 Å². The Kier molecular flexibility index (Phi) is 3.31. The van der Waals surface area contributed by atoms with Gasteiger partial charge in [-0.1, -0.05) is 50.2 Å². The molecule has 1 atom stereocenters. The highest BCUT2D eigenvalue weighted by atomic mass is 16.5. The zero-order chi connectivity index (χ0) is 14.1. The molecule has 0 unspecified atom stereocenters. The number of aldehydes is 1. The highest BCUT2D eigenvalue weighted by Gasteiger charge is 2.34. The molecule has 2 nitrogen and oxygen atoms in total. The van der Waals surface area contributed by atoms with Gasteiger partial charge in [-0.25, -0.2) is 0 Å². The molecule has 0 spiro atoms. The number of fused-ring (bicyclic) bond motifs is 2. The van der Waals surface area contributed by atoms with E-state index in [0.29, 0.717) is 0 Å². The van der Waals surface area contributed by atoms with E-state index in [0.717, 1.165) is 28.9 Å². The monoisotopic (exact) mass is 266 g/mol. The van der Waals surface area contributed by atoms with E-state index in [-0.39, 0.29) is 17.8 Å². The highest BCUT2D eigenvalue weighted by Crippen LogP contribution is 2.48. The second-order valence-electron chi connectivity index (χ2n) is 5.61. The third kappa shape index (κ3) is 2.01. The van der Waals surface area contributed by atoms with Crippen molar-refractivity contribution in [2.45, 2.75) is 19.8 Å². The smallest absolute Gasteiger partial charge is 0.131 e. The average Bonchev–Trinajstić information content (AvgIpc) is 2.47. The molecule has 0 amide bonds. The number of rotatable bonds is 3. The van der Waals surface area contributed by atoms with Gasteiger partial charge in [0.1, 0.15) is 17.8 Å². The standard InChI is InChI=1S/C18H18O2/c1-12(2)15(11-19)18-13-7-3-5-9-16(13)20-17-10-6-4-8-14(17)18/h3-12,15,18H,1-2H3/t15-/m1/s1. The largest absolute Gasteiger partial charge is 0.457 e. The van der Waals surface area contributed by atoms with E-state index in [1.54, 1.807) is 0 Å². The number of para-hydroxylation sites is 2. The van der Waals surface area contributed by atoms with E-state index in [4.69, 9.17) is 4.74 Å². The summed E-state index contributed by atoms with van der Waals surface area (Å²) in [5.41, 5.74) is 2.22. The molecule has 1 aliphatic rings. The second-order valence-corrected chi connectivity index (χ2v) is 5.61. The fourth-order valence-corrected chi connectivity index (χ4v) is 2.98. The number of hydrogen-bond donors (Lipinski definition) is 0. The van der Waals surface area contributed by atoms with E-state index < -0.39 is 0 Å². The molecule has 1 heterocycles. The number of benzene rings is 2. The molecule has 0 fully saturated rings. The van der Waals surface area contributed by atoms with Crippen LogP contribution in [0.3, 0.4) is 0 Å². The molecule has 102 valence electrons. The molecule has 2 heteroatoms. The topological polar surface area (TPSA) is 26.3 Å². The Balaban J connectivity index is 2.19. The molecule has 20 heavy (non-hydrogen) atoms. The Labute approximate surface area is 119 Å². The van der Waals surface area contributed by atoms with Crippen LogP contribution in [0.15, 0.2) is 48.5 Å². The Bertz CT molecular complexity index is 585. The molecule has 0 bridgehead atoms. The summed E-state index contributed by atoms with van der Waals surface area (Å²) in [6.45, 7) is 4.19. The predicted molar refractivity (Wildman–Crippen MR) is 79.2 cm³/mol. The van der Waals surface area contributed by atoms with Gasteiger partial charge in [-0.05, 0) is 18.1 Å². The van der Waals surface area contributed by atoms with E-state index in [1.807, 2.05) is 36.4 Å². The normalized spacial score (nSPS) is 15.2. The third-order valence-corrected chi connectivity index (χ3v) is 4.04. The Hall–Kier alpha value is -2.09. The van der Waals surface area contributed by atoms with Gasteiger partial charge in [0.15, 0.2) is 0 Å². The van der Waals surface area contributed by atoms with Crippen LogP contribution in [0.2, 0.25) is 0 Å². The summed E-state index contributed by atoms with van der Waals surface area (Å²) in [7, 11) is 0. The fraction of sp³-hybridized carbons (Fsp3) is 0.278. The lowest BCUT2D eigenvalue weighted by Crippen LogP contribution is -2.24. The van der Waals surface area contributed by atoms with Crippen molar-refractivity contribution < 1.29 is 9.53 Å². The zero-order valence-corrected chi connectivity index (χ0v) is 11.7. The first kappa shape index (κ1) is 12.9. The van der Waals surface area contributed by atoms with Gasteiger partial charge in [0.25, 0.3) is 0 Å². The van der Waals surface area contributed by atoms with Crippen LogP contribution in [0.1, 0.15) is 30.9 Å². The molecule has 2 aromatic rings. The van der Waals surface area contributed by atoms with Crippen molar-refractivity contribution in [3.63, 3.8) is 0 Å². The molecular formula is C18H18O2. The summed E-state index contributed by atoms with van der Waals surface area (Å²) < 4.78 is 5.97. The van der Waals surface area contributed by atoms with Crippen LogP contribution >= 0.6 is 0 Å². The third-order valence-electron chi connectivity index (χ3n) is 4.04. The summed E-state index contributed by atoms with van der Waals surface area (Å²) in [5, 5.41) is 0. The van der Waals surface area contributed by atoms with Crippen molar-refractivity contribution in [3.8, 4) is 11.5 Å². The van der Waals surface area contributed by atoms with Gasteiger partial charge in [-0.2, -0.15) is 0 Å². The Morgan fingerprint density at radius 1 is 0.950 bits per heavy atom. The maximum atomic E-state index is 11.6. The van der Waals surface area contributed by atoms with Crippen LogP contribution in [0.25, 0.3) is 0 Å². The first-order valence-corrected chi connectivity index (χ1v) is 7.03. The summed E-state index contributed by atoms with van der Waals surface area (Å²) >= 11 is 0. The predicted octanol–water partition coefficient (Wildman–Crippen LogP) is 4.40. The van der Waals surface area contributed by atoms with Crippen LogP contribution in [-0.2, 0) is 4.79 Å². The van der Waals surface area contributed by atoms with E-state index in [1.165, 1.54) is 0 Å². The Morgan fingerprint density at radius 3 is 1.90 bits per heavy atom. The Morgan fingerprint density at radius 2 is 1.45 bits per heavy atom. The molecular weight excluding hydrogens is 248 g/mol. The first-order chi connectivity index (χ1) is 9.72. The molecule has 3 rings (SSSR count). The van der Waals surface area contributed by atoms with Crippen molar-refractivity contribution in [2.75, 3.05) is 0 Å². The summed E-state index contributed by atoms with van der Waals surface area (Å²) in [5.74, 6) is 2.05. The maximum absolute atomic E-state index is 11.6. The SMILES string of the molecule is CC(C)[C@@H](C=O)C1c2ccccc2Oc2ccccc21. The number of carbonyl (C=O) groups excluding carboxylic acids is 1. The van der Waals surface area contributed by atoms with E-state index >= 15 is 0 Å². The molecule has 0 saturated heterocycles. The van der Waals surface area contributed by atoms with Crippen molar-refractivity contribution >= 4 is 6.29 Å². The quantitative estimate of drug-likeness (QED) is 0.770. The van der Waals surface area contributed by atoms with Crippen LogP contribution in [0.4, 0.5) is 0 Å². The van der Waals surface area contributed by atoms with Gasteiger partial charge in [0, 0.05) is 23.0 Å². The lowest BCUT2D eigenvalue weighted by atomic mass is 9.74. The average molecular weight is 266 g/mol. The van der Waals surface area contributed by atoms with Gasteiger partial charge in [-0.15, -0.1) is 0 Å². The van der Waals surface area contributed by atoms with E-state index in [2.05, 4.69) is 26.0 Å². The molecule has 0 radical (unpaired) electrons. The molecule has 0 N–H and O–H groups in total. The minimum absolute atomic E-state index is 0.0406. The van der Waals surface area contributed by atoms with Crippen molar-refractivity contribution in [2.24, 2.45) is 11.8 Å². The molecule has 0 aliphatic carbocycles. The van der Waals surface area contributed by atoms with Gasteiger partial charge < -0.3 is 9.53 Å². The highest BCUT2D eigenvalue weighted by molar-refractivity contribution is 5.63. The molecule has 0 aromatic heterocycles. The maximum Gasteiger partial charge on any atom is 0.131 e. The van der Waals surface area contributed by atoms with Crippen LogP contribution in [0.5, 0.6) is 11.5 Å². The van der Waals surface area contributed by atoms with Crippen molar-refractivity contribution in [3.05, 3.63) is 59.7 Å². The molecule has 0 saturated carbocycles. The lowest BCUT2D eigenvalue weighted by Gasteiger charge is -2.33. The minimum Gasteiger partial charge on any atom is -0.457 e. The van der Waals surface area contributed by atoms with Crippen LogP contribution < -0.4 is 4.74 Å². The minimum atomic E-state index is -0.0406. The number of hydrogen-bond acceptors (Lipinski definition) is 2. The number of ether oxygens (including phenoxy) is 1. The number of carbonyl (C=O) groups is 1.